The van der Waals surface area contributed by atoms with E-state index in [-0.39, 0.29) is 22.7 Å². The minimum Gasteiger partial charge on any atom is -0.482 e. The lowest BCUT2D eigenvalue weighted by Crippen LogP contribution is -2.23. The highest BCUT2D eigenvalue weighted by Crippen LogP contribution is 2.31. The molecule has 31 heavy (non-hydrogen) atoms. The lowest BCUT2D eigenvalue weighted by atomic mass is 10.2. The summed E-state index contributed by atoms with van der Waals surface area (Å²) in [5, 5.41) is 6.30. The van der Waals surface area contributed by atoms with Gasteiger partial charge in [-0.15, -0.1) is 0 Å². The number of nitrogens with zero attached hydrogens (tertiary/aromatic N) is 1. The molecule has 3 rings (SSSR count). The zero-order valence-corrected chi connectivity index (χ0v) is 19.0. The molecule has 0 fully saturated rings. The highest BCUT2D eigenvalue weighted by atomic mass is 35.5. The average Bonchev–Trinajstić information content (AvgIpc) is 3.02. The zero-order valence-electron chi connectivity index (χ0n) is 15.9. The van der Waals surface area contributed by atoms with Crippen LogP contribution in [0.5, 0.6) is 5.75 Å². The summed E-state index contributed by atoms with van der Waals surface area (Å²) in [4.78, 5) is 39.2. The molecule has 0 saturated carbocycles. The number of halogens is 3. The Kier molecular flexibility index (Phi) is 7.61. The number of hydrogen-bond acceptors (Lipinski definition) is 5. The Bertz CT molecular complexity index is 1130. The maximum absolute atomic E-state index is 12.1. The van der Waals surface area contributed by atoms with Gasteiger partial charge in [-0.1, -0.05) is 40.9 Å². The Morgan fingerprint density at radius 3 is 2.52 bits per heavy atom. The fourth-order valence-electron chi connectivity index (χ4n) is 2.40. The number of aliphatic imine (C=N–C) groups is 1. The summed E-state index contributed by atoms with van der Waals surface area (Å²) in [7, 11) is 0. The van der Waals surface area contributed by atoms with Crippen molar-refractivity contribution in [3.05, 3.63) is 61.9 Å². The molecule has 0 saturated heterocycles. The third-order valence-electron chi connectivity index (χ3n) is 3.72. The van der Waals surface area contributed by atoms with Crippen LogP contribution >= 0.6 is 46.6 Å². The van der Waals surface area contributed by atoms with E-state index < -0.39 is 11.8 Å². The van der Waals surface area contributed by atoms with Crippen molar-refractivity contribution >= 4 is 81.2 Å². The number of thioether (sulfide) groups is 1. The van der Waals surface area contributed by atoms with E-state index in [0.29, 0.717) is 32.0 Å². The third-order valence-corrected chi connectivity index (χ3v) is 5.65. The van der Waals surface area contributed by atoms with Crippen LogP contribution in [0.25, 0.3) is 6.08 Å². The van der Waals surface area contributed by atoms with Crippen LogP contribution in [0, 0.1) is 0 Å². The van der Waals surface area contributed by atoms with Crippen molar-refractivity contribution in [2.24, 2.45) is 4.99 Å². The first-order valence-corrected chi connectivity index (χ1v) is 10.6. The Balaban J connectivity index is 1.59. The molecule has 3 amide bonds. The van der Waals surface area contributed by atoms with Gasteiger partial charge in [0.25, 0.3) is 11.8 Å². The van der Waals surface area contributed by atoms with Crippen molar-refractivity contribution in [2.75, 3.05) is 11.9 Å². The molecule has 0 bridgehead atoms. The highest BCUT2D eigenvalue weighted by Gasteiger charge is 2.22. The van der Waals surface area contributed by atoms with Crippen molar-refractivity contribution in [3.63, 3.8) is 0 Å². The number of amides is 3. The first-order chi connectivity index (χ1) is 14.7. The molecular formula is C20H14Cl3N3O4S. The van der Waals surface area contributed by atoms with Crippen LogP contribution < -0.4 is 15.4 Å². The van der Waals surface area contributed by atoms with E-state index in [0.717, 1.165) is 11.8 Å². The first kappa shape index (κ1) is 23.1. The summed E-state index contributed by atoms with van der Waals surface area (Å²) in [5.74, 6) is -0.873. The zero-order chi connectivity index (χ0) is 22.5. The van der Waals surface area contributed by atoms with E-state index in [2.05, 4.69) is 15.6 Å². The number of ether oxygens (including phenoxy) is 1. The monoisotopic (exact) mass is 497 g/mol. The van der Waals surface area contributed by atoms with Gasteiger partial charge >= 0.3 is 0 Å². The quantitative estimate of drug-likeness (QED) is 0.579. The Labute approximate surface area is 196 Å². The lowest BCUT2D eigenvalue weighted by molar-refractivity contribution is -0.118. The SMILES string of the molecule is CC(=O)NC1=NC(=O)/C(=C\c2ccc(OCC(=O)Nc3ccc(Cl)c(Cl)c3)c(Cl)c2)S1. The van der Waals surface area contributed by atoms with Crippen LogP contribution in [0.3, 0.4) is 0 Å². The lowest BCUT2D eigenvalue weighted by Gasteiger charge is -2.10. The van der Waals surface area contributed by atoms with Gasteiger partial charge in [0.1, 0.15) is 5.75 Å². The van der Waals surface area contributed by atoms with Gasteiger partial charge in [0.15, 0.2) is 11.8 Å². The molecule has 0 radical (unpaired) electrons. The fraction of sp³-hybridized carbons (Fsp3) is 0.100. The number of hydrogen-bond donors (Lipinski definition) is 2. The van der Waals surface area contributed by atoms with Crippen molar-refractivity contribution in [2.45, 2.75) is 6.92 Å². The smallest absolute Gasteiger partial charge is 0.286 e. The molecule has 1 aliphatic rings. The molecule has 0 aromatic heterocycles. The number of carbonyl (C=O) groups is 3. The van der Waals surface area contributed by atoms with Crippen molar-refractivity contribution in [1.29, 1.82) is 0 Å². The molecule has 0 spiro atoms. The van der Waals surface area contributed by atoms with Gasteiger partial charge in [-0.3, -0.25) is 14.4 Å². The number of nitrogens with one attached hydrogen (secondary N) is 2. The van der Waals surface area contributed by atoms with Crippen molar-refractivity contribution < 1.29 is 19.1 Å². The van der Waals surface area contributed by atoms with Gasteiger partial charge in [0.2, 0.25) is 5.91 Å². The van der Waals surface area contributed by atoms with Gasteiger partial charge in [-0.25, -0.2) is 0 Å². The second kappa shape index (κ2) is 10.2. The van der Waals surface area contributed by atoms with Gasteiger partial charge in [-0.2, -0.15) is 4.99 Å². The summed E-state index contributed by atoms with van der Waals surface area (Å²) in [6.45, 7) is 1.06. The van der Waals surface area contributed by atoms with Gasteiger partial charge in [0, 0.05) is 12.6 Å². The molecular weight excluding hydrogens is 485 g/mol. The molecule has 1 aliphatic heterocycles. The van der Waals surface area contributed by atoms with E-state index in [9.17, 15) is 14.4 Å². The van der Waals surface area contributed by atoms with Crippen LogP contribution in [0.2, 0.25) is 15.1 Å². The average molecular weight is 499 g/mol. The highest BCUT2D eigenvalue weighted by molar-refractivity contribution is 8.18. The number of benzene rings is 2. The molecule has 160 valence electrons. The van der Waals surface area contributed by atoms with Crippen molar-refractivity contribution in [3.8, 4) is 5.75 Å². The van der Waals surface area contributed by atoms with E-state index >= 15 is 0 Å². The Hall–Kier alpha value is -2.52. The molecule has 2 N–H and O–H groups in total. The molecule has 0 atom stereocenters. The van der Waals surface area contributed by atoms with Crippen LogP contribution in [-0.4, -0.2) is 29.5 Å². The summed E-state index contributed by atoms with van der Waals surface area (Å²) in [5.41, 5.74) is 1.11. The van der Waals surface area contributed by atoms with E-state index in [1.54, 1.807) is 36.4 Å². The maximum Gasteiger partial charge on any atom is 0.286 e. The molecule has 11 heteroatoms. The van der Waals surface area contributed by atoms with E-state index in [1.165, 1.54) is 13.0 Å². The van der Waals surface area contributed by atoms with Crippen LogP contribution in [-0.2, 0) is 14.4 Å². The molecule has 2 aromatic rings. The maximum atomic E-state index is 12.1. The number of rotatable bonds is 5. The number of carbonyl (C=O) groups excluding carboxylic acids is 3. The molecule has 0 aliphatic carbocycles. The minimum absolute atomic E-state index is 0.225. The number of anilines is 1. The predicted octanol–water partition coefficient (Wildman–Crippen LogP) is 4.77. The summed E-state index contributed by atoms with van der Waals surface area (Å²) in [6.07, 6.45) is 1.60. The van der Waals surface area contributed by atoms with Gasteiger partial charge in [-0.05, 0) is 53.7 Å². The standard InChI is InChI=1S/C20H14Cl3N3O4S/c1-10(27)24-20-26-19(29)17(31-20)7-11-2-5-16(15(23)6-11)30-9-18(28)25-12-3-4-13(21)14(22)8-12/h2-8H,9H2,1H3,(H,25,28)(H,24,26,27,29)/b17-7+. The van der Waals surface area contributed by atoms with Crippen LogP contribution in [0.4, 0.5) is 5.69 Å². The summed E-state index contributed by atoms with van der Waals surface area (Å²) in [6, 6.07) is 9.56. The van der Waals surface area contributed by atoms with Crippen LogP contribution in [0.1, 0.15) is 12.5 Å². The van der Waals surface area contributed by atoms with Crippen LogP contribution in [0.15, 0.2) is 46.3 Å². The second-order valence-corrected chi connectivity index (χ2v) is 8.42. The summed E-state index contributed by atoms with van der Waals surface area (Å²) < 4.78 is 5.47. The van der Waals surface area contributed by atoms with E-state index in [4.69, 9.17) is 39.5 Å². The summed E-state index contributed by atoms with van der Waals surface area (Å²) >= 11 is 19.1. The first-order valence-electron chi connectivity index (χ1n) is 8.68. The topological polar surface area (TPSA) is 96.9 Å². The number of amidine groups is 1. The Morgan fingerprint density at radius 2 is 1.84 bits per heavy atom. The fourth-order valence-corrected chi connectivity index (χ4v) is 3.80. The molecule has 0 unspecified atom stereocenters. The largest absolute Gasteiger partial charge is 0.482 e. The minimum atomic E-state index is -0.454. The van der Waals surface area contributed by atoms with Gasteiger partial charge in [0.05, 0.1) is 20.0 Å². The van der Waals surface area contributed by atoms with Crippen molar-refractivity contribution in [1.82, 2.24) is 5.32 Å². The molecule has 1 heterocycles. The normalized spacial score (nSPS) is 14.4. The molecule has 2 aromatic carbocycles. The van der Waals surface area contributed by atoms with Gasteiger partial charge < -0.3 is 15.4 Å². The Morgan fingerprint density at radius 1 is 1.06 bits per heavy atom. The predicted molar refractivity (Wildman–Crippen MR) is 124 cm³/mol. The second-order valence-electron chi connectivity index (χ2n) is 6.17. The molecule has 7 nitrogen and oxygen atoms in total. The third kappa shape index (κ3) is 6.48. The van der Waals surface area contributed by atoms with E-state index in [1.807, 2.05) is 0 Å².